The van der Waals surface area contributed by atoms with Gasteiger partial charge in [0.05, 0.1) is 19.8 Å². The van der Waals surface area contributed by atoms with Gasteiger partial charge in [0, 0.05) is 12.6 Å². The van der Waals surface area contributed by atoms with Crippen molar-refractivity contribution in [1.82, 2.24) is 4.90 Å². The topological polar surface area (TPSA) is 65.1 Å². The summed E-state index contributed by atoms with van der Waals surface area (Å²) in [4.78, 5) is 26.1. The van der Waals surface area contributed by atoms with Crippen LogP contribution in [-0.4, -0.2) is 43.6 Å². The van der Waals surface area contributed by atoms with Gasteiger partial charge in [-0.1, -0.05) is 18.2 Å². The van der Waals surface area contributed by atoms with Crippen LogP contribution < -0.4 is 9.47 Å². The third-order valence-corrected chi connectivity index (χ3v) is 4.44. The molecule has 0 saturated heterocycles. The molecule has 1 aliphatic rings. The van der Waals surface area contributed by atoms with Gasteiger partial charge in [-0.15, -0.1) is 0 Å². The van der Waals surface area contributed by atoms with Crippen LogP contribution in [0, 0.1) is 0 Å². The first kappa shape index (κ1) is 18.8. The van der Waals surface area contributed by atoms with Gasteiger partial charge in [-0.3, -0.25) is 4.79 Å². The molecule has 2 aromatic rings. The van der Waals surface area contributed by atoms with Crippen molar-refractivity contribution in [3.8, 4) is 11.5 Å². The van der Waals surface area contributed by atoms with Crippen LogP contribution in [0.5, 0.6) is 11.5 Å². The molecule has 27 heavy (non-hydrogen) atoms. The van der Waals surface area contributed by atoms with Crippen molar-refractivity contribution in [2.45, 2.75) is 25.4 Å². The van der Waals surface area contributed by atoms with Crippen LogP contribution in [0.2, 0.25) is 0 Å². The Balaban J connectivity index is 1.61. The molecule has 0 radical (unpaired) electrons. The molecule has 0 aliphatic heterocycles. The van der Waals surface area contributed by atoms with Crippen molar-refractivity contribution < 1.29 is 23.8 Å². The zero-order valence-electron chi connectivity index (χ0n) is 15.5. The maximum atomic E-state index is 12.7. The molecule has 3 rings (SSSR count). The Labute approximate surface area is 158 Å². The Hall–Kier alpha value is -3.02. The van der Waals surface area contributed by atoms with Crippen LogP contribution in [0.1, 0.15) is 28.8 Å². The number of hydrogen-bond acceptors (Lipinski definition) is 5. The lowest BCUT2D eigenvalue weighted by Gasteiger charge is -2.23. The van der Waals surface area contributed by atoms with Crippen LogP contribution in [0.4, 0.5) is 0 Å². The fraction of sp³-hybridized carbons (Fsp3) is 0.333. The van der Waals surface area contributed by atoms with Crippen LogP contribution >= 0.6 is 0 Å². The molecule has 142 valence electrons. The minimum Gasteiger partial charge on any atom is -0.497 e. The van der Waals surface area contributed by atoms with Crippen molar-refractivity contribution in [2.24, 2.45) is 0 Å². The van der Waals surface area contributed by atoms with Gasteiger partial charge in [0.2, 0.25) is 0 Å². The largest absolute Gasteiger partial charge is 0.497 e. The first-order chi connectivity index (χ1) is 13.1. The van der Waals surface area contributed by atoms with Gasteiger partial charge in [0.1, 0.15) is 11.5 Å². The zero-order valence-corrected chi connectivity index (χ0v) is 15.5. The van der Waals surface area contributed by atoms with Gasteiger partial charge in [0.25, 0.3) is 5.91 Å². The highest BCUT2D eigenvalue weighted by Crippen LogP contribution is 2.29. The fourth-order valence-corrected chi connectivity index (χ4v) is 2.79. The van der Waals surface area contributed by atoms with Crippen molar-refractivity contribution >= 4 is 11.9 Å². The summed E-state index contributed by atoms with van der Waals surface area (Å²) in [5.74, 6) is 0.742. The van der Waals surface area contributed by atoms with E-state index in [1.807, 2.05) is 29.2 Å². The smallest absolute Gasteiger partial charge is 0.337 e. The van der Waals surface area contributed by atoms with E-state index in [2.05, 4.69) is 0 Å². The minimum absolute atomic E-state index is 0.0721. The van der Waals surface area contributed by atoms with E-state index in [0.29, 0.717) is 17.9 Å². The molecule has 0 aromatic heterocycles. The fourth-order valence-electron chi connectivity index (χ4n) is 2.79. The number of hydrogen-bond donors (Lipinski definition) is 0. The lowest BCUT2D eigenvalue weighted by atomic mass is 10.2. The number of rotatable bonds is 8. The summed E-state index contributed by atoms with van der Waals surface area (Å²) >= 11 is 0. The molecule has 0 atom stereocenters. The van der Waals surface area contributed by atoms with Crippen LogP contribution in [0.25, 0.3) is 0 Å². The molecule has 6 nitrogen and oxygen atoms in total. The number of esters is 1. The molecule has 0 N–H and O–H groups in total. The van der Waals surface area contributed by atoms with Crippen LogP contribution in [-0.2, 0) is 16.1 Å². The Bertz CT molecular complexity index is 798. The molecular formula is C21H23NO5. The number of carbonyl (C=O) groups is 2. The Kier molecular flexibility index (Phi) is 5.96. The number of benzene rings is 2. The second kappa shape index (κ2) is 8.58. The number of methoxy groups -OCH3 is 2. The normalized spacial score (nSPS) is 13.0. The summed E-state index contributed by atoms with van der Waals surface area (Å²) in [5.41, 5.74) is 1.43. The summed E-state index contributed by atoms with van der Waals surface area (Å²) in [7, 11) is 2.95. The van der Waals surface area contributed by atoms with Gasteiger partial charge in [-0.25, -0.2) is 4.79 Å². The molecule has 1 saturated carbocycles. The van der Waals surface area contributed by atoms with Crippen molar-refractivity contribution in [1.29, 1.82) is 0 Å². The maximum absolute atomic E-state index is 12.7. The molecule has 0 spiro atoms. The van der Waals surface area contributed by atoms with Gasteiger partial charge in [-0.2, -0.15) is 0 Å². The first-order valence-electron chi connectivity index (χ1n) is 8.84. The molecular weight excluding hydrogens is 346 g/mol. The number of amides is 1. The lowest BCUT2D eigenvalue weighted by molar-refractivity contribution is -0.134. The Morgan fingerprint density at radius 3 is 2.41 bits per heavy atom. The van der Waals surface area contributed by atoms with Gasteiger partial charge < -0.3 is 19.1 Å². The molecule has 0 heterocycles. The zero-order chi connectivity index (χ0) is 19.2. The molecule has 0 bridgehead atoms. The SMILES string of the molecule is COC(=O)c1cccc(OCC(=O)N(Cc2ccc(OC)cc2)C2CC2)c1. The van der Waals surface area contributed by atoms with E-state index < -0.39 is 5.97 Å². The average molecular weight is 369 g/mol. The standard InChI is InChI=1S/C21H23NO5/c1-25-18-10-6-15(7-11-18)13-22(17-8-9-17)20(23)14-27-19-5-3-4-16(12-19)21(24)26-2/h3-7,10-12,17H,8-9,13-14H2,1-2H3. The highest BCUT2D eigenvalue weighted by Gasteiger charge is 2.32. The lowest BCUT2D eigenvalue weighted by Crippen LogP contribution is -2.36. The molecule has 0 unspecified atom stereocenters. The summed E-state index contributed by atoms with van der Waals surface area (Å²) in [6.07, 6.45) is 2.03. The van der Waals surface area contributed by atoms with Crippen LogP contribution in [0.15, 0.2) is 48.5 Å². The first-order valence-corrected chi connectivity index (χ1v) is 8.84. The third kappa shape index (κ3) is 5.00. The Morgan fingerprint density at radius 2 is 1.78 bits per heavy atom. The van der Waals surface area contributed by atoms with Gasteiger partial charge >= 0.3 is 5.97 Å². The van der Waals surface area contributed by atoms with E-state index in [0.717, 1.165) is 24.2 Å². The van der Waals surface area contributed by atoms with Gasteiger partial charge in [-0.05, 0) is 48.7 Å². The molecule has 1 fully saturated rings. The maximum Gasteiger partial charge on any atom is 0.337 e. The van der Waals surface area contributed by atoms with Crippen molar-refractivity contribution in [2.75, 3.05) is 20.8 Å². The molecule has 1 aliphatic carbocycles. The molecule has 6 heteroatoms. The summed E-state index contributed by atoms with van der Waals surface area (Å²) < 4.78 is 15.5. The van der Waals surface area contributed by atoms with E-state index in [1.54, 1.807) is 31.4 Å². The average Bonchev–Trinajstić information content (AvgIpc) is 3.55. The quantitative estimate of drug-likeness (QED) is 0.669. The minimum atomic E-state index is -0.439. The summed E-state index contributed by atoms with van der Waals surface area (Å²) in [5, 5.41) is 0. The van der Waals surface area contributed by atoms with Gasteiger partial charge in [0.15, 0.2) is 6.61 Å². The Morgan fingerprint density at radius 1 is 1.04 bits per heavy atom. The van der Waals surface area contributed by atoms with E-state index >= 15 is 0 Å². The second-order valence-electron chi connectivity index (χ2n) is 6.41. The number of carbonyl (C=O) groups excluding carboxylic acids is 2. The van der Waals surface area contributed by atoms with E-state index in [4.69, 9.17) is 14.2 Å². The van der Waals surface area contributed by atoms with Crippen molar-refractivity contribution in [3.63, 3.8) is 0 Å². The monoisotopic (exact) mass is 369 g/mol. The predicted molar refractivity (Wildman–Crippen MR) is 99.8 cm³/mol. The molecule has 2 aromatic carbocycles. The highest BCUT2D eigenvalue weighted by molar-refractivity contribution is 5.89. The predicted octanol–water partition coefficient (Wildman–Crippen LogP) is 3.05. The van der Waals surface area contributed by atoms with Crippen molar-refractivity contribution in [3.05, 3.63) is 59.7 Å². The van der Waals surface area contributed by atoms with E-state index in [-0.39, 0.29) is 18.6 Å². The van der Waals surface area contributed by atoms with Crippen LogP contribution in [0.3, 0.4) is 0 Å². The summed E-state index contributed by atoms with van der Waals surface area (Å²) in [6.45, 7) is 0.469. The highest BCUT2D eigenvalue weighted by atomic mass is 16.5. The molecule has 1 amide bonds. The number of nitrogens with zero attached hydrogens (tertiary/aromatic N) is 1. The number of ether oxygens (including phenoxy) is 3. The third-order valence-electron chi connectivity index (χ3n) is 4.44. The summed E-state index contributed by atoms with van der Waals surface area (Å²) in [6, 6.07) is 14.6. The van der Waals surface area contributed by atoms with E-state index in [9.17, 15) is 9.59 Å². The second-order valence-corrected chi connectivity index (χ2v) is 6.41. The van der Waals surface area contributed by atoms with E-state index in [1.165, 1.54) is 7.11 Å².